The number of ether oxygens (including phenoxy) is 2. The summed E-state index contributed by atoms with van der Waals surface area (Å²) in [6, 6.07) is 7.85. The number of hydrogen-bond acceptors (Lipinski definition) is 4. The van der Waals surface area contributed by atoms with Crippen LogP contribution in [0, 0.1) is 11.6 Å². The summed E-state index contributed by atoms with van der Waals surface area (Å²) < 4.78 is 36.7. The number of anilines is 1. The normalized spacial score (nSPS) is 10.2. The monoisotopic (exact) mass is 293 g/mol. The van der Waals surface area contributed by atoms with Crippen LogP contribution in [0.3, 0.4) is 0 Å². The van der Waals surface area contributed by atoms with Crippen LogP contribution in [0.1, 0.15) is 15.9 Å². The molecule has 2 rings (SSSR count). The van der Waals surface area contributed by atoms with Crippen LogP contribution in [0.25, 0.3) is 0 Å². The highest BCUT2D eigenvalue weighted by Crippen LogP contribution is 2.21. The maximum Gasteiger partial charge on any atom is 0.340 e. The van der Waals surface area contributed by atoms with Gasteiger partial charge in [0.25, 0.3) is 0 Å². The lowest BCUT2D eigenvalue weighted by molar-refractivity contribution is 0.0469. The van der Waals surface area contributed by atoms with E-state index in [0.717, 1.165) is 12.1 Å². The number of hydrogen-bond donors (Lipinski definition) is 1. The Balaban J connectivity index is 2.13. The van der Waals surface area contributed by atoms with Gasteiger partial charge in [0.15, 0.2) is 11.6 Å². The van der Waals surface area contributed by atoms with E-state index in [2.05, 4.69) is 0 Å². The first-order chi connectivity index (χ1) is 10.0. The molecule has 2 aromatic carbocycles. The average molecular weight is 293 g/mol. The largest absolute Gasteiger partial charge is 0.494 e. The molecule has 0 fully saturated rings. The SMILES string of the molecule is COc1cccc(COC(=O)c2cc(F)ccc2N)c1F. The predicted octanol–water partition coefficient (Wildman–Crippen LogP) is 2.91. The number of rotatable bonds is 4. The van der Waals surface area contributed by atoms with E-state index < -0.39 is 17.6 Å². The van der Waals surface area contributed by atoms with E-state index in [1.54, 1.807) is 6.07 Å². The number of carbonyl (C=O) groups excluding carboxylic acids is 1. The summed E-state index contributed by atoms with van der Waals surface area (Å²) in [6.07, 6.45) is 0. The molecule has 0 aliphatic rings. The second kappa shape index (κ2) is 6.21. The first kappa shape index (κ1) is 14.8. The molecule has 0 aromatic heterocycles. The molecule has 0 radical (unpaired) electrons. The number of benzene rings is 2. The highest BCUT2D eigenvalue weighted by Gasteiger charge is 2.15. The Morgan fingerprint density at radius 1 is 1.24 bits per heavy atom. The Kier molecular flexibility index (Phi) is 4.37. The van der Waals surface area contributed by atoms with Crippen molar-refractivity contribution in [3.63, 3.8) is 0 Å². The number of carbonyl (C=O) groups is 1. The summed E-state index contributed by atoms with van der Waals surface area (Å²) in [5.41, 5.74) is 5.72. The van der Waals surface area contributed by atoms with Gasteiger partial charge in [-0.2, -0.15) is 0 Å². The van der Waals surface area contributed by atoms with Crippen LogP contribution in [0.4, 0.5) is 14.5 Å². The van der Waals surface area contributed by atoms with Crippen molar-refractivity contribution < 1.29 is 23.0 Å². The molecule has 2 aromatic rings. The third-order valence-electron chi connectivity index (χ3n) is 2.86. The van der Waals surface area contributed by atoms with Crippen molar-refractivity contribution in [1.82, 2.24) is 0 Å². The molecular weight excluding hydrogens is 280 g/mol. The van der Waals surface area contributed by atoms with Crippen LogP contribution in [-0.4, -0.2) is 13.1 Å². The number of esters is 1. The van der Waals surface area contributed by atoms with E-state index >= 15 is 0 Å². The molecule has 0 saturated carbocycles. The van der Waals surface area contributed by atoms with Gasteiger partial charge in [0.05, 0.1) is 12.7 Å². The van der Waals surface area contributed by atoms with Gasteiger partial charge in [-0.25, -0.2) is 13.6 Å². The number of nitrogen functional groups attached to an aromatic ring is 1. The highest BCUT2D eigenvalue weighted by molar-refractivity contribution is 5.95. The maximum atomic E-state index is 13.9. The predicted molar refractivity (Wildman–Crippen MR) is 72.9 cm³/mol. The third-order valence-corrected chi connectivity index (χ3v) is 2.86. The summed E-state index contributed by atoms with van der Waals surface area (Å²) >= 11 is 0. The molecule has 6 heteroatoms. The van der Waals surface area contributed by atoms with Gasteiger partial charge in [0.2, 0.25) is 0 Å². The Hall–Kier alpha value is -2.63. The van der Waals surface area contributed by atoms with Gasteiger partial charge in [-0.15, -0.1) is 0 Å². The lowest BCUT2D eigenvalue weighted by Crippen LogP contribution is -2.09. The summed E-state index contributed by atoms with van der Waals surface area (Å²) in [5, 5.41) is 0. The zero-order valence-corrected chi connectivity index (χ0v) is 11.2. The fourth-order valence-electron chi connectivity index (χ4n) is 1.75. The first-order valence-corrected chi connectivity index (χ1v) is 6.06. The van der Waals surface area contributed by atoms with Crippen molar-refractivity contribution in [1.29, 1.82) is 0 Å². The Bertz CT molecular complexity index is 674. The van der Waals surface area contributed by atoms with Gasteiger partial charge in [0, 0.05) is 11.3 Å². The molecule has 110 valence electrons. The smallest absolute Gasteiger partial charge is 0.340 e. The minimum Gasteiger partial charge on any atom is -0.494 e. The zero-order chi connectivity index (χ0) is 15.4. The lowest BCUT2D eigenvalue weighted by atomic mass is 10.1. The molecular formula is C15H13F2NO3. The topological polar surface area (TPSA) is 61.5 Å². The molecule has 0 heterocycles. The van der Waals surface area contributed by atoms with Gasteiger partial charge < -0.3 is 15.2 Å². The fraction of sp³-hybridized carbons (Fsp3) is 0.133. The van der Waals surface area contributed by atoms with E-state index in [9.17, 15) is 13.6 Å². The Labute approximate surface area is 120 Å². The molecule has 21 heavy (non-hydrogen) atoms. The fourth-order valence-corrected chi connectivity index (χ4v) is 1.75. The van der Waals surface area contributed by atoms with Crippen LogP contribution in [0.5, 0.6) is 5.75 Å². The van der Waals surface area contributed by atoms with Crippen molar-refractivity contribution in [2.75, 3.05) is 12.8 Å². The van der Waals surface area contributed by atoms with Crippen molar-refractivity contribution in [3.8, 4) is 5.75 Å². The van der Waals surface area contributed by atoms with Crippen molar-refractivity contribution >= 4 is 11.7 Å². The summed E-state index contributed by atoms with van der Waals surface area (Å²) in [7, 11) is 1.33. The second-order valence-electron chi connectivity index (χ2n) is 4.24. The standard InChI is InChI=1S/C15H13F2NO3/c1-20-13-4-2-3-9(14(13)17)8-21-15(19)11-7-10(16)5-6-12(11)18/h2-7H,8,18H2,1H3. The van der Waals surface area contributed by atoms with E-state index in [1.807, 2.05) is 0 Å². The van der Waals surface area contributed by atoms with Gasteiger partial charge in [-0.3, -0.25) is 0 Å². The molecule has 0 aliphatic heterocycles. The van der Waals surface area contributed by atoms with Crippen LogP contribution in [-0.2, 0) is 11.3 Å². The second-order valence-corrected chi connectivity index (χ2v) is 4.24. The number of methoxy groups -OCH3 is 1. The molecule has 0 unspecified atom stereocenters. The molecule has 0 amide bonds. The van der Waals surface area contributed by atoms with Gasteiger partial charge in [0.1, 0.15) is 12.4 Å². The number of nitrogens with two attached hydrogens (primary N) is 1. The van der Waals surface area contributed by atoms with E-state index in [0.29, 0.717) is 0 Å². The highest BCUT2D eigenvalue weighted by atomic mass is 19.1. The van der Waals surface area contributed by atoms with Crippen molar-refractivity contribution in [2.24, 2.45) is 0 Å². The minimum atomic E-state index is -0.825. The molecule has 4 nitrogen and oxygen atoms in total. The maximum absolute atomic E-state index is 13.9. The van der Waals surface area contributed by atoms with Crippen LogP contribution >= 0.6 is 0 Å². The molecule has 0 aliphatic carbocycles. The first-order valence-electron chi connectivity index (χ1n) is 6.06. The van der Waals surface area contributed by atoms with Crippen LogP contribution in [0.15, 0.2) is 36.4 Å². The van der Waals surface area contributed by atoms with Gasteiger partial charge >= 0.3 is 5.97 Å². The summed E-state index contributed by atoms with van der Waals surface area (Å²) in [6.45, 7) is -0.308. The molecule has 0 atom stereocenters. The van der Waals surface area contributed by atoms with E-state index in [1.165, 1.54) is 25.3 Å². The third kappa shape index (κ3) is 3.28. The van der Waals surface area contributed by atoms with Crippen molar-refractivity contribution in [3.05, 3.63) is 59.2 Å². The Morgan fingerprint density at radius 2 is 2.00 bits per heavy atom. The summed E-state index contributed by atoms with van der Waals surface area (Å²) in [4.78, 5) is 11.8. The molecule has 0 spiro atoms. The van der Waals surface area contributed by atoms with Crippen LogP contribution < -0.4 is 10.5 Å². The van der Waals surface area contributed by atoms with Crippen molar-refractivity contribution in [2.45, 2.75) is 6.61 Å². The molecule has 0 saturated heterocycles. The quantitative estimate of drug-likeness (QED) is 0.695. The molecule has 0 bridgehead atoms. The van der Waals surface area contributed by atoms with Gasteiger partial charge in [-0.1, -0.05) is 12.1 Å². The van der Waals surface area contributed by atoms with Gasteiger partial charge in [-0.05, 0) is 24.3 Å². The average Bonchev–Trinajstić information content (AvgIpc) is 2.48. The number of halogens is 2. The molecule has 2 N–H and O–H groups in total. The summed E-state index contributed by atoms with van der Waals surface area (Å²) in [5.74, 6) is -1.99. The Morgan fingerprint density at radius 3 is 2.71 bits per heavy atom. The zero-order valence-electron chi connectivity index (χ0n) is 11.2. The van der Waals surface area contributed by atoms with E-state index in [-0.39, 0.29) is 29.2 Å². The van der Waals surface area contributed by atoms with Crippen LogP contribution in [0.2, 0.25) is 0 Å². The van der Waals surface area contributed by atoms with E-state index in [4.69, 9.17) is 15.2 Å². The minimum absolute atomic E-state index is 0.0498. The lowest BCUT2D eigenvalue weighted by Gasteiger charge is -2.09.